The van der Waals surface area contributed by atoms with Crippen molar-refractivity contribution < 1.29 is 14.4 Å². The van der Waals surface area contributed by atoms with Gasteiger partial charge in [0, 0.05) is 13.1 Å². The Labute approximate surface area is 77.5 Å². The molecule has 1 aliphatic heterocycles. The number of nitrogens with zero attached hydrogens (tertiary/aromatic N) is 1. The zero-order valence-electron chi connectivity index (χ0n) is 8.09. The van der Waals surface area contributed by atoms with Crippen LogP contribution in [0.3, 0.4) is 0 Å². The van der Waals surface area contributed by atoms with Crippen molar-refractivity contribution in [3.05, 3.63) is 0 Å². The van der Waals surface area contributed by atoms with Crippen molar-refractivity contribution in [3.8, 4) is 0 Å². The van der Waals surface area contributed by atoms with Crippen molar-refractivity contribution in [2.75, 3.05) is 13.1 Å². The van der Waals surface area contributed by atoms with Gasteiger partial charge in [-0.05, 0) is 12.8 Å². The van der Waals surface area contributed by atoms with E-state index in [9.17, 15) is 9.28 Å². The van der Waals surface area contributed by atoms with E-state index in [0.29, 0.717) is 5.12 Å². The summed E-state index contributed by atoms with van der Waals surface area (Å²) in [6, 6.07) is 0. The smallest absolute Gasteiger partial charge is 0.323 e. The molecule has 0 saturated carbocycles. The van der Waals surface area contributed by atoms with Gasteiger partial charge in [-0.25, -0.2) is 0 Å². The Hall–Kier alpha value is -0.680. The highest BCUT2D eigenvalue weighted by atomic mass is 19.2. The maximum Gasteiger partial charge on any atom is 0.323 e. The van der Waals surface area contributed by atoms with Crippen molar-refractivity contribution in [2.24, 2.45) is 5.73 Å². The predicted octanol–water partition coefficient (Wildman–Crippen LogP) is 0.775. The number of carboxylic acids is 1. The van der Waals surface area contributed by atoms with Crippen LogP contribution in [0.25, 0.3) is 0 Å². The van der Waals surface area contributed by atoms with E-state index in [2.05, 4.69) is 0 Å². The largest absolute Gasteiger partial charge is 0.480 e. The highest BCUT2D eigenvalue weighted by molar-refractivity contribution is 5.78. The van der Waals surface area contributed by atoms with Crippen molar-refractivity contribution >= 4 is 5.97 Å². The van der Waals surface area contributed by atoms with E-state index < -0.39 is 11.5 Å². The molecule has 3 N–H and O–H groups in total. The van der Waals surface area contributed by atoms with Gasteiger partial charge in [-0.2, -0.15) is 0 Å². The Bertz CT molecular complexity index is 168. The monoisotopic (exact) mass is 192 g/mol. The summed E-state index contributed by atoms with van der Waals surface area (Å²) in [6.07, 6.45) is 0.359. The number of piperidine rings is 1. The number of hydrogen-bond donors (Lipinski definition) is 2. The summed E-state index contributed by atoms with van der Waals surface area (Å²) in [5, 5.41) is 9.21. The second-order valence-electron chi connectivity index (χ2n) is 2.87. The number of hydrogen-bond acceptors (Lipinski definition) is 3. The van der Waals surface area contributed by atoms with Crippen molar-refractivity contribution in [3.63, 3.8) is 0 Å². The highest BCUT2D eigenvalue weighted by Crippen LogP contribution is 2.19. The molecule has 13 heavy (non-hydrogen) atoms. The number of carboxylic acid groups (broad SMARTS) is 1. The van der Waals surface area contributed by atoms with E-state index in [-0.39, 0.29) is 25.9 Å². The van der Waals surface area contributed by atoms with Crippen LogP contribution in [0.5, 0.6) is 0 Å². The first-order valence-electron chi connectivity index (χ1n) is 4.47. The Morgan fingerprint density at radius 1 is 1.46 bits per heavy atom. The minimum Gasteiger partial charge on any atom is -0.480 e. The quantitative estimate of drug-likeness (QED) is 0.602. The molecule has 1 heterocycles. The normalized spacial score (nSPS) is 21.5. The van der Waals surface area contributed by atoms with Gasteiger partial charge in [-0.15, -0.1) is 9.60 Å². The van der Waals surface area contributed by atoms with E-state index in [0.717, 1.165) is 0 Å². The Morgan fingerprint density at radius 2 is 1.85 bits per heavy atom. The summed E-state index contributed by atoms with van der Waals surface area (Å²) in [5.74, 6) is -1.04. The average molecular weight is 192 g/mol. The van der Waals surface area contributed by atoms with Gasteiger partial charge < -0.3 is 10.8 Å². The molecule has 0 radical (unpaired) electrons. The van der Waals surface area contributed by atoms with E-state index in [1.807, 2.05) is 13.8 Å². The van der Waals surface area contributed by atoms with Crippen molar-refractivity contribution in [1.82, 2.24) is 5.12 Å². The highest BCUT2D eigenvalue weighted by Gasteiger charge is 2.37. The number of carbonyl (C=O) groups is 1. The second-order valence-corrected chi connectivity index (χ2v) is 2.87. The molecule has 0 amide bonds. The van der Waals surface area contributed by atoms with Crippen LogP contribution in [0.1, 0.15) is 26.7 Å². The molecule has 1 fully saturated rings. The van der Waals surface area contributed by atoms with Crippen LogP contribution < -0.4 is 5.73 Å². The van der Waals surface area contributed by atoms with Gasteiger partial charge in [0.05, 0.1) is 0 Å². The summed E-state index contributed by atoms with van der Waals surface area (Å²) < 4.78 is 12.4. The fourth-order valence-electron chi connectivity index (χ4n) is 1.09. The minimum atomic E-state index is -1.21. The molecular formula is C8H17FN2O2. The Kier molecular flexibility index (Phi) is 4.87. The fraction of sp³-hybridized carbons (Fsp3) is 0.875. The number of rotatable bonds is 1. The second kappa shape index (κ2) is 5.14. The van der Waals surface area contributed by atoms with Crippen molar-refractivity contribution in [1.29, 1.82) is 0 Å². The summed E-state index contributed by atoms with van der Waals surface area (Å²) in [6.45, 7) is 4.23. The van der Waals surface area contributed by atoms with E-state index in [4.69, 9.17) is 10.8 Å². The van der Waals surface area contributed by atoms with Crippen LogP contribution in [0.2, 0.25) is 0 Å². The molecule has 1 rings (SSSR count). The van der Waals surface area contributed by atoms with Gasteiger partial charge >= 0.3 is 5.97 Å². The molecule has 5 heteroatoms. The third kappa shape index (κ3) is 3.28. The van der Waals surface area contributed by atoms with Gasteiger partial charge in [0.25, 0.3) is 0 Å². The maximum absolute atomic E-state index is 12.4. The zero-order chi connectivity index (χ0) is 10.5. The molecular weight excluding hydrogens is 175 g/mol. The molecule has 0 aromatic heterocycles. The average Bonchev–Trinajstić information content (AvgIpc) is 2.14. The molecule has 78 valence electrons. The molecule has 1 saturated heterocycles. The van der Waals surface area contributed by atoms with E-state index in [1.165, 1.54) is 0 Å². The van der Waals surface area contributed by atoms with Crippen LogP contribution in [0.4, 0.5) is 4.48 Å². The molecule has 1 aliphatic rings. The molecule has 0 spiro atoms. The molecule has 0 aromatic carbocycles. The lowest BCUT2D eigenvalue weighted by molar-refractivity contribution is -0.147. The first-order chi connectivity index (χ1) is 6.04. The summed E-state index contributed by atoms with van der Waals surface area (Å²) >= 11 is 0. The molecule has 0 aromatic rings. The lowest BCUT2D eigenvalue weighted by Gasteiger charge is -2.31. The van der Waals surface area contributed by atoms with Crippen LogP contribution in [-0.4, -0.2) is 34.8 Å². The maximum atomic E-state index is 12.4. The SMILES string of the molecule is CC.NC1(C(=O)O)CCN(F)CC1. The van der Waals surface area contributed by atoms with E-state index in [1.54, 1.807) is 0 Å². The standard InChI is InChI=1S/C6H11FN2O2.C2H6/c7-9-3-1-6(8,2-4-9)5(10)11;1-2/h1-4,8H2,(H,10,11);1-2H3. The van der Waals surface area contributed by atoms with Gasteiger partial charge in [0.1, 0.15) is 5.54 Å². The molecule has 0 bridgehead atoms. The minimum absolute atomic E-state index is 0.114. The van der Waals surface area contributed by atoms with E-state index >= 15 is 0 Å². The summed E-state index contributed by atoms with van der Waals surface area (Å²) in [7, 11) is 0. The number of halogens is 1. The fourth-order valence-corrected chi connectivity index (χ4v) is 1.09. The number of nitrogens with two attached hydrogens (primary N) is 1. The Balaban J connectivity index is 0.000000671. The van der Waals surface area contributed by atoms with Gasteiger partial charge in [-0.1, -0.05) is 13.8 Å². The number of aliphatic carboxylic acids is 1. The topological polar surface area (TPSA) is 66.6 Å². The predicted molar refractivity (Wildman–Crippen MR) is 47.8 cm³/mol. The third-order valence-electron chi connectivity index (χ3n) is 2.03. The van der Waals surface area contributed by atoms with Crippen LogP contribution in [0, 0.1) is 0 Å². The summed E-state index contributed by atoms with van der Waals surface area (Å²) in [4.78, 5) is 10.5. The lowest BCUT2D eigenvalue weighted by Crippen LogP contribution is -2.54. The third-order valence-corrected chi connectivity index (χ3v) is 2.03. The zero-order valence-corrected chi connectivity index (χ0v) is 8.09. The molecule has 0 atom stereocenters. The lowest BCUT2D eigenvalue weighted by atomic mass is 9.90. The van der Waals surface area contributed by atoms with Crippen LogP contribution in [0.15, 0.2) is 0 Å². The van der Waals surface area contributed by atoms with Crippen LogP contribution >= 0.6 is 0 Å². The molecule has 4 nitrogen and oxygen atoms in total. The molecule has 0 unspecified atom stereocenters. The first kappa shape index (κ1) is 12.3. The molecule has 0 aliphatic carbocycles. The van der Waals surface area contributed by atoms with Crippen molar-refractivity contribution in [2.45, 2.75) is 32.2 Å². The Morgan fingerprint density at radius 3 is 2.15 bits per heavy atom. The van der Waals surface area contributed by atoms with Gasteiger partial charge in [0.15, 0.2) is 0 Å². The summed E-state index contributed by atoms with van der Waals surface area (Å²) in [5.41, 5.74) is 4.27. The van der Waals surface area contributed by atoms with Gasteiger partial charge in [-0.3, -0.25) is 4.79 Å². The van der Waals surface area contributed by atoms with Gasteiger partial charge in [0.2, 0.25) is 0 Å². The van der Waals surface area contributed by atoms with Crippen LogP contribution in [-0.2, 0) is 4.79 Å². The first-order valence-corrected chi connectivity index (χ1v) is 4.47.